The van der Waals surface area contributed by atoms with Crippen molar-refractivity contribution in [2.75, 3.05) is 0 Å². The molecule has 0 saturated carbocycles. The molecule has 3 aromatic rings. The predicted octanol–water partition coefficient (Wildman–Crippen LogP) is 1.44. The summed E-state index contributed by atoms with van der Waals surface area (Å²) in [6.07, 6.45) is 0. The molecule has 0 aliphatic carbocycles. The molecule has 0 unspecified atom stereocenters. The second-order valence-corrected chi connectivity index (χ2v) is 7.41. The second kappa shape index (κ2) is 7.02. The van der Waals surface area contributed by atoms with Gasteiger partial charge in [0.15, 0.2) is 11.5 Å². The summed E-state index contributed by atoms with van der Waals surface area (Å²) in [5, 5.41) is 4.59. The highest BCUT2D eigenvalue weighted by Gasteiger charge is 2.19. The number of nitrogens with zero attached hydrogens (tertiary/aromatic N) is 6. The van der Waals surface area contributed by atoms with Crippen molar-refractivity contribution in [2.45, 2.75) is 45.0 Å². The van der Waals surface area contributed by atoms with E-state index in [2.05, 4.69) is 20.1 Å². The molecule has 9 nitrogen and oxygen atoms in total. The van der Waals surface area contributed by atoms with Gasteiger partial charge in [0.25, 0.3) is 5.56 Å². The van der Waals surface area contributed by atoms with E-state index in [1.165, 1.54) is 23.4 Å². The second-order valence-electron chi connectivity index (χ2n) is 6.45. The van der Waals surface area contributed by atoms with Crippen molar-refractivity contribution in [1.82, 2.24) is 29.2 Å². The monoisotopic (exact) mass is 376 g/mol. The summed E-state index contributed by atoms with van der Waals surface area (Å²) in [6.45, 7) is 7.95. The van der Waals surface area contributed by atoms with Gasteiger partial charge >= 0.3 is 5.69 Å². The van der Waals surface area contributed by atoms with E-state index in [1.807, 2.05) is 13.8 Å². The van der Waals surface area contributed by atoms with Gasteiger partial charge in [0.1, 0.15) is 16.2 Å². The lowest BCUT2D eigenvalue weighted by Gasteiger charge is -2.14. The molecule has 3 aromatic heterocycles. The maximum absolute atomic E-state index is 12.7. The van der Waals surface area contributed by atoms with Crippen molar-refractivity contribution in [1.29, 1.82) is 0 Å². The average molecular weight is 376 g/mol. The Labute approximate surface area is 153 Å². The predicted molar refractivity (Wildman–Crippen MR) is 97.2 cm³/mol. The third-order valence-corrected chi connectivity index (χ3v) is 4.67. The van der Waals surface area contributed by atoms with Crippen LogP contribution in [0.2, 0.25) is 0 Å². The number of aromatic nitrogens is 6. The summed E-state index contributed by atoms with van der Waals surface area (Å²) < 4.78 is 7.75. The van der Waals surface area contributed by atoms with Gasteiger partial charge in [-0.1, -0.05) is 30.8 Å². The Bertz CT molecular complexity index is 1080. The van der Waals surface area contributed by atoms with Crippen LogP contribution in [0.1, 0.15) is 31.4 Å². The van der Waals surface area contributed by atoms with Crippen molar-refractivity contribution in [3.8, 4) is 0 Å². The van der Waals surface area contributed by atoms with Crippen molar-refractivity contribution in [3.63, 3.8) is 0 Å². The van der Waals surface area contributed by atoms with E-state index in [0.29, 0.717) is 45.9 Å². The Morgan fingerprint density at radius 1 is 1.12 bits per heavy atom. The maximum Gasteiger partial charge on any atom is 0.332 e. The number of hydrogen-bond donors (Lipinski definition) is 0. The molecule has 0 saturated heterocycles. The van der Waals surface area contributed by atoms with Crippen LogP contribution in [0.25, 0.3) is 11.0 Å². The minimum absolute atomic E-state index is 0.223. The zero-order valence-corrected chi connectivity index (χ0v) is 16.1. The number of rotatable bonds is 5. The van der Waals surface area contributed by atoms with E-state index in [9.17, 15) is 9.59 Å². The SMILES string of the molecule is Cc1noc(CSc2nc(C)nc3c2c(=O)n(C)c(=O)n3CC(C)C)n1. The third-order valence-electron chi connectivity index (χ3n) is 3.71. The molecule has 0 aliphatic heterocycles. The Morgan fingerprint density at radius 3 is 2.46 bits per heavy atom. The molecule has 3 rings (SSSR count). The lowest BCUT2D eigenvalue weighted by Crippen LogP contribution is -2.39. The van der Waals surface area contributed by atoms with Gasteiger partial charge in [0.2, 0.25) is 5.89 Å². The van der Waals surface area contributed by atoms with Crippen LogP contribution in [0, 0.1) is 19.8 Å². The summed E-state index contributed by atoms with van der Waals surface area (Å²) in [4.78, 5) is 38.3. The van der Waals surface area contributed by atoms with Gasteiger partial charge in [0, 0.05) is 13.6 Å². The standard InChI is InChI=1S/C16H20N6O3S/c1-8(2)6-22-13-12(15(23)21(5)16(22)24)14(19-9(3)18-13)26-7-11-17-10(4)20-25-11/h8H,6-7H2,1-5H3. The van der Waals surface area contributed by atoms with Gasteiger partial charge in [0.05, 0.1) is 5.75 Å². The molecule has 0 spiro atoms. The van der Waals surface area contributed by atoms with E-state index in [-0.39, 0.29) is 11.6 Å². The van der Waals surface area contributed by atoms with Crippen LogP contribution in [0.15, 0.2) is 19.1 Å². The van der Waals surface area contributed by atoms with Gasteiger partial charge in [-0.25, -0.2) is 14.8 Å². The molecular weight excluding hydrogens is 356 g/mol. The minimum atomic E-state index is -0.408. The summed E-state index contributed by atoms with van der Waals surface area (Å²) >= 11 is 1.31. The molecule has 0 bridgehead atoms. The Kier molecular flexibility index (Phi) is 4.94. The lowest BCUT2D eigenvalue weighted by molar-refractivity contribution is 0.387. The average Bonchev–Trinajstić information content (AvgIpc) is 2.99. The van der Waals surface area contributed by atoms with Crippen molar-refractivity contribution < 1.29 is 4.52 Å². The first-order valence-electron chi connectivity index (χ1n) is 8.18. The quantitative estimate of drug-likeness (QED) is 0.486. The van der Waals surface area contributed by atoms with Crippen molar-refractivity contribution >= 4 is 22.8 Å². The Hall–Kier alpha value is -2.49. The van der Waals surface area contributed by atoms with Crippen molar-refractivity contribution in [3.05, 3.63) is 38.4 Å². The molecule has 0 fully saturated rings. The van der Waals surface area contributed by atoms with E-state index in [0.717, 1.165) is 4.57 Å². The largest absolute Gasteiger partial charge is 0.338 e. The van der Waals surface area contributed by atoms with Crippen LogP contribution in [-0.2, 0) is 19.3 Å². The number of thioether (sulfide) groups is 1. The number of aryl methyl sites for hydroxylation is 2. The smallest absolute Gasteiger partial charge is 0.332 e. The normalized spacial score (nSPS) is 11.6. The summed E-state index contributed by atoms with van der Waals surface area (Å²) in [7, 11) is 1.47. The molecule has 0 N–H and O–H groups in total. The zero-order valence-electron chi connectivity index (χ0n) is 15.3. The van der Waals surface area contributed by atoms with Crippen LogP contribution in [0.4, 0.5) is 0 Å². The fraction of sp³-hybridized carbons (Fsp3) is 0.500. The fourth-order valence-electron chi connectivity index (χ4n) is 2.60. The summed E-state index contributed by atoms with van der Waals surface area (Å²) in [5.41, 5.74) is -0.421. The van der Waals surface area contributed by atoms with Crippen LogP contribution < -0.4 is 11.2 Å². The summed E-state index contributed by atoms with van der Waals surface area (Å²) in [5.74, 6) is 2.09. The molecular formula is C16H20N6O3S. The third kappa shape index (κ3) is 3.41. The number of hydrogen-bond acceptors (Lipinski definition) is 8. The van der Waals surface area contributed by atoms with Crippen LogP contribution in [0.3, 0.4) is 0 Å². The van der Waals surface area contributed by atoms with E-state index in [1.54, 1.807) is 13.8 Å². The van der Waals surface area contributed by atoms with Crippen molar-refractivity contribution in [2.24, 2.45) is 13.0 Å². The fourth-order valence-corrected chi connectivity index (χ4v) is 3.50. The molecule has 0 atom stereocenters. The molecule has 0 aliphatic rings. The molecule has 138 valence electrons. The first-order chi connectivity index (χ1) is 12.3. The van der Waals surface area contributed by atoms with E-state index < -0.39 is 5.56 Å². The first-order valence-corrected chi connectivity index (χ1v) is 9.16. The van der Waals surface area contributed by atoms with Crippen LogP contribution >= 0.6 is 11.8 Å². The number of fused-ring (bicyclic) bond motifs is 1. The van der Waals surface area contributed by atoms with Crippen LogP contribution in [-0.4, -0.2) is 29.2 Å². The lowest BCUT2D eigenvalue weighted by atomic mass is 10.2. The topological polar surface area (TPSA) is 109 Å². The highest BCUT2D eigenvalue weighted by Crippen LogP contribution is 2.25. The van der Waals surface area contributed by atoms with Gasteiger partial charge < -0.3 is 4.52 Å². The summed E-state index contributed by atoms with van der Waals surface area (Å²) in [6, 6.07) is 0. The Morgan fingerprint density at radius 2 is 1.85 bits per heavy atom. The van der Waals surface area contributed by atoms with Gasteiger partial charge in [-0.05, 0) is 19.8 Å². The van der Waals surface area contributed by atoms with Gasteiger partial charge in [-0.15, -0.1) is 0 Å². The highest BCUT2D eigenvalue weighted by atomic mass is 32.2. The molecule has 26 heavy (non-hydrogen) atoms. The van der Waals surface area contributed by atoms with E-state index in [4.69, 9.17) is 4.52 Å². The zero-order chi connectivity index (χ0) is 19.0. The van der Waals surface area contributed by atoms with E-state index >= 15 is 0 Å². The maximum atomic E-state index is 12.7. The molecule has 0 radical (unpaired) electrons. The highest BCUT2D eigenvalue weighted by molar-refractivity contribution is 7.98. The molecule has 3 heterocycles. The minimum Gasteiger partial charge on any atom is -0.338 e. The van der Waals surface area contributed by atoms with Crippen LogP contribution in [0.5, 0.6) is 0 Å². The molecule has 10 heteroatoms. The first kappa shape index (κ1) is 18.3. The Balaban J connectivity index is 2.18. The van der Waals surface area contributed by atoms with Gasteiger partial charge in [-0.3, -0.25) is 13.9 Å². The molecule has 0 amide bonds. The molecule has 0 aromatic carbocycles. The van der Waals surface area contributed by atoms with Gasteiger partial charge in [-0.2, -0.15) is 4.98 Å².